The van der Waals surface area contributed by atoms with Gasteiger partial charge in [-0.1, -0.05) is 18.2 Å². The Balaban J connectivity index is 2.68. The van der Waals surface area contributed by atoms with E-state index in [1.54, 1.807) is 31.2 Å². The number of carbonyl (C=O) groups is 1. The molecule has 1 atom stereocenters. The van der Waals surface area contributed by atoms with Crippen LogP contribution in [0.2, 0.25) is 0 Å². The molecule has 1 rings (SSSR count). The molecular formula is C10H14FN2O3PS2. The molecule has 1 aromatic rings. The fourth-order valence-electron chi connectivity index (χ4n) is 1.01. The van der Waals surface area contributed by atoms with Gasteiger partial charge in [-0.2, -0.15) is 4.49 Å². The molecule has 1 aromatic carbocycles. The monoisotopic (exact) mass is 324 g/mol. The van der Waals surface area contributed by atoms with Gasteiger partial charge in [-0.3, -0.25) is 0 Å². The molecule has 0 fully saturated rings. The molecule has 0 saturated heterocycles. The van der Waals surface area contributed by atoms with Gasteiger partial charge >= 0.3 is 12.8 Å². The van der Waals surface area contributed by atoms with E-state index in [-0.39, 0.29) is 0 Å². The van der Waals surface area contributed by atoms with Crippen molar-refractivity contribution in [2.75, 3.05) is 13.7 Å². The molecule has 0 aliphatic rings. The quantitative estimate of drug-likeness (QED) is 0.358. The maximum Gasteiger partial charge on any atom is 0.410 e. The molecule has 0 aliphatic carbocycles. The van der Waals surface area contributed by atoms with Crippen molar-refractivity contribution in [1.29, 1.82) is 0 Å². The number of carbonyl (C=O) groups excluding carboxylic acids is 1. The first-order chi connectivity index (χ1) is 8.97. The van der Waals surface area contributed by atoms with Gasteiger partial charge in [0.05, 0.1) is 18.7 Å². The molecule has 0 aromatic heterocycles. The third-order valence-corrected chi connectivity index (χ3v) is 5.70. The highest BCUT2D eigenvalue weighted by molar-refractivity contribution is 8.15. The maximum atomic E-state index is 12.4. The van der Waals surface area contributed by atoms with Crippen LogP contribution in [0, 0.1) is 0 Å². The Hall–Kier alpha value is -0.660. The molecule has 1 amide bonds. The summed E-state index contributed by atoms with van der Waals surface area (Å²) in [6.45, 7) is -0.741. The molecule has 0 bridgehead atoms. The lowest BCUT2D eigenvalue weighted by molar-refractivity contribution is 0.209. The van der Waals surface area contributed by atoms with Gasteiger partial charge in [-0.05, 0) is 30.9 Å². The third-order valence-electron chi connectivity index (χ3n) is 1.80. The fraction of sp³-hybridized carbons (Fsp3) is 0.300. The molecule has 1 N–H and O–H groups in total. The topological polar surface area (TPSA) is 50.8 Å². The Morgan fingerprint density at radius 3 is 2.68 bits per heavy atom. The van der Waals surface area contributed by atoms with Crippen LogP contribution >= 0.6 is 18.8 Å². The molecule has 5 nitrogen and oxygen atoms in total. The van der Waals surface area contributed by atoms with Crippen LogP contribution in [0.4, 0.5) is 9.18 Å². The van der Waals surface area contributed by atoms with Crippen LogP contribution in [0.3, 0.4) is 0 Å². The number of para-hydroxylation sites is 1. The average Bonchev–Trinajstić information content (AvgIpc) is 2.37. The van der Waals surface area contributed by atoms with Crippen molar-refractivity contribution < 1.29 is 18.2 Å². The SMILES string of the molecule is CCOP(=S)(NSN(C)C(=O)F)Oc1ccccc1. The zero-order valence-electron chi connectivity index (χ0n) is 10.4. The summed E-state index contributed by atoms with van der Waals surface area (Å²) in [7, 11) is 1.27. The summed E-state index contributed by atoms with van der Waals surface area (Å²) in [5, 5.41) is 0. The number of nitrogens with zero attached hydrogens (tertiary/aromatic N) is 1. The standard InChI is InChI=1S/C10H14FN2O3PS2/c1-3-15-17(18,12-19-13(2)10(11)14)16-9-7-5-4-6-8-9/h4-8H,3H2,1-2H3,(H,12,18). The number of benzene rings is 1. The highest BCUT2D eigenvalue weighted by Gasteiger charge is 2.22. The minimum atomic E-state index is -2.85. The lowest BCUT2D eigenvalue weighted by Gasteiger charge is -2.23. The summed E-state index contributed by atoms with van der Waals surface area (Å²) in [5.74, 6) is 0.543. The minimum absolute atomic E-state index is 0.338. The second-order valence-corrected chi connectivity index (χ2v) is 7.59. The largest absolute Gasteiger partial charge is 0.432 e. The number of nitrogens with one attached hydrogen (secondary N) is 1. The molecular weight excluding hydrogens is 310 g/mol. The van der Waals surface area contributed by atoms with E-state index in [0.717, 1.165) is 4.31 Å². The summed E-state index contributed by atoms with van der Waals surface area (Å²) < 4.78 is 26.8. The van der Waals surface area contributed by atoms with Crippen LogP contribution in [-0.2, 0) is 16.3 Å². The van der Waals surface area contributed by atoms with E-state index < -0.39 is 12.8 Å². The number of rotatable bonds is 7. The van der Waals surface area contributed by atoms with Gasteiger partial charge < -0.3 is 9.05 Å². The number of amides is 1. The van der Waals surface area contributed by atoms with E-state index in [0.29, 0.717) is 24.5 Å². The molecule has 0 heterocycles. The van der Waals surface area contributed by atoms with Crippen molar-refractivity contribution in [2.24, 2.45) is 0 Å². The lowest BCUT2D eigenvalue weighted by Crippen LogP contribution is -2.20. The van der Waals surface area contributed by atoms with Crippen LogP contribution < -0.4 is 9.02 Å². The van der Waals surface area contributed by atoms with E-state index >= 15 is 0 Å². The Bertz CT molecular complexity index is 463. The molecule has 106 valence electrons. The lowest BCUT2D eigenvalue weighted by atomic mass is 10.3. The molecule has 0 radical (unpaired) electrons. The maximum absolute atomic E-state index is 12.4. The second kappa shape index (κ2) is 7.81. The Morgan fingerprint density at radius 2 is 2.16 bits per heavy atom. The normalized spacial score (nSPS) is 13.6. The Labute approximate surface area is 120 Å². The number of halogens is 1. The third kappa shape index (κ3) is 5.88. The van der Waals surface area contributed by atoms with E-state index in [1.807, 2.05) is 6.07 Å². The molecule has 19 heavy (non-hydrogen) atoms. The zero-order valence-corrected chi connectivity index (χ0v) is 12.9. The first-order valence-corrected chi connectivity index (χ1v) is 8.74. The van der Waals surface area contributed by atoms with Crippen LogP contribution in [0.15, 0.2) is 30.3 Å². The molecule has 0 spiro atoms. The smallest absolute Gasteiger partial charge is 0.410 e. The Morgan fingerprint density at radius 1 is 1.53 bits per heavy atom. The van der Waals surface area contributed by atoms with Gasteiger partial charge in [0, 0.05) is 7.05 Å². The summed E-state index contributed by atoms with van der Waals surface area (Å²) in [6, 6.07) is 8.90. The minimum Gasteiger partial charge on any atom is -0.432 e. The van der Waals surface area contributed by atoms with Crippen LogP contribution in [0.5, 0.6) is 5.75 Å². The summed E-state index contributed by atoms with van der Waals surface area (Å²) in [6.07, 6.45) is -1.59. The predicted molar refractivity (Wildman–Crippen MR) is 78.0 cm³/mol. The van der Waals surface area contributed by atoms with Crippen LogP contribution in [0.25, 0.3) is 0 Å². The van der Waals surface area contributed by atoms with Crippen molar-refractivity contribution in [1.82, 2.24) is 8.80 Å². The van der Waals surface area contributed by atoms with E-state index in [2.05, 4.69) is 4.49 Å². The molecule has 9 heteroatoms. The molecule has 1 unspecified atom stereocenters. The van der Waals surface area contributed by atoms with Crippen molar-refractivity contribution in [3.05, 3.63) is 30.3 Å². The van der Waals surface area contributed by atoms with Gasteiger partial charge in [-0.25, -0.2) is 9.10 Å². The number of hydrogen-bond donors (Lipinski definition) is 1. The zero-order chi connectivity index (χ0) is 14.3. The van der Waals surface area contributed by atoms with E-state index in [9.17, 15) is 9.18 Å². The highest BCUT2D eigenvalue weighted by Crippen LogP contribution is 2.46. The molecule has 0 aliphatic heterocycles. The van der Waals surface area contributed by atoms with Crippen molar-refractivity contribution in [2.45, 2.75) is 6.92 Å². The predicted octanol–water partition coefficient (Wildman–Crippen LogP) is 3.50. The van der Waals surface area contributed by atoms with Crippen molar-refractivity contribution in [3.63, 3.8) is 0 Å². The van der Waals surface area contributed by atoms with E-state index in [4.69, 9.17) is 20.9 Å². The van der Waals surface area contributed by atoms with E-state index in [1.165, 1.54) is 7.05 Å². The van der Waals surface area contributed by atoms with Gasteiger partial charge in [0.1, 0.15) is 5.75 Å². The first kappa shape index (κ1) is 16.4. The number of hydrogen-bond acceptors (Lipinski definition) is 5. The van der Waals surface area contributed by atoms with Gasteiger partial charge in [0.2, 0.25) is 0 Å². The van der Waals surface area contributed by atoms with Crippen molar-refractivity contribution in [3.8, 4) is 5.75 Å². The highest BCUT2D eigenvalue weighted by atomic mass is 32.5. The summed E-state index contributed by atoms with van der Waals surface area (Å²) in [5.41, 5.74) is 0. The Kier molecular flexibility index (Phi) is 6.74. The van der Waals surface area contributed by atoms with Gasteiger partial charge in [-0.15, -0.1) is 4.39 Å². The fourth-order valence-corrected chi connectivity index (χ4v) is 4.00. The van der Waals surface area contributed by atoms with Gasteiger partial charge in [0.25, 0.3) is 0 Å². The average molecular weight is 324 g/mol. The van der Waals surface area contributed by atoms with Crippen LogP contribution in [-0.4, -0.2) is 24.1 Å². The van der Waals surface area contributed by atoms with Crippen molar-refractivity contribution >= 4 is 36.7 Å². The van der Waals surface area contributed by atoms with Gasteiger partial charge in [0.15, 0.2) is 0 Å². The second-order valence-electron chi connectivity index (χ2n) is 3.25. The van der Waals surface area contributed by atoms with Crippen LogP contribution in [0.1, 0.15) is 6.92 Å². The summed E-state index contributed by atoms with van der Waals surface area (Å²) >= 11 is 5.97. The first-order valence-electron chi connectivity index (χ1n) is 5.33. The summed E-state index contributed by atoms with van der Waals surface area (Å²) in [4.78, 5) is 10.5. The molecule has 0 saturated carbocycles.